The van der Waals surface area contributed by atoms with Crippen LogP contribution in [0.25, 0.3) is 11.1 Å². The zero-order chi connectivity index (χ0) is 42.0. The molecule has 0 bridgehead atoms. The lowest BCUT2D eigenvalue weighted by atomic mass is 9.46. The van der Waals surface area contributed by atoms with Gasteiger partial charge in [-0.3, -0.25) is 18.6 Å². The molecule has 5 aliphatic carbocycles. The molecule has 0 spiro atoms. The van der Waals surface area contributed by atoms with Gasteiger partial charge in [-0.15, -0.1) is 0 Å². The minimum atomic E-state index is -5.40. The number of rotatable bonds is 14. The number of alkyl carbamates (subject to hydrolysis) is 1. The van der Waals surface area contributed by atoms with Crippen LogP contribution in [0, 0.1) is 28.6 Å². The molecular formula is C42H51NO14P2. The van der Waals surface area contributed by atoms with Crippen molar-refractivity contribution < 1.29 is 66.0 Å². The number of ketones is 2. The smallest absolute Gasteiger partial charge is 0.449 e. The van der Waals surface area contributed by atoms with Gasteiger partial charge in [-0.1, -0.05) is 87.4 Å². The molecule has 1 saturated heterocycles. The quantitative estimate of drug-likeness (QED) is 0.118. The average Bonchev–Trinajstić information content (AvgIpc) is 3.79. The number of ether oxygens (including phenoxy) is 3. The Hall–Kier alpha value is -3.33. The van der Waals surface area contributed by atoms with E-state index in [-0.39, 0.29) is 49.0 Å². The van der Waals surface area contributed by atoms with E-state index in [1.54, 1.807) is 12.2 Å². The van der Waals surface area contributed by atoms with Crippen LogP contribution in [0.4, 0.5) is 4.79 Å². The van der Waals surface area contributed by atoms with Crippen LogP contribution in [-0.4, -0.2) is 83.0 Å². The molecule has 8 rings (SSSR count). The first kappa shape index (κ1) is 42.4. The van der Waals surface area contributed by atoms with Gasteiger partial charge in [0.1, 0.15) is 13.2 Å². The first-order valence-electron chi connectivity index (χ1n) is 20.3. The van der Waals surface area contributed by atoms with E-state index in [0.29, 0.717) is 32.1 Å². The van der Waals surface area contributed by atoms with Crippen molar-refractivity contribution in [3.8, 4) is 11.1 Å². The number of benzene rings is 2. The topological polar surface area (TPSA) is 213 Å². The Morgan fingerprint density at radius 2 is 1.68 bits per heavy atom. The Balaban J connectivity index is 0.869. The standard InChI is InChI=1S/C42H51NO14P2/c1-4-9-37-55-36-21-33-31-15-14-25-20-26(44)16-17-40(25,2)38(31)34(45)22-41(33,3)42(36,56-37)35(46)24-54-59(50,51)57-58(48,49)53-19-18-43-39(47)52-23-32-29-12-7-5-10-27(29)28-11-6-8-13-30(28)32/h5-8,10-13,16-17,20,31-34,36-38,45H,4,9,14-15,18-19,21-24H2,1-3H3,(H,43,47)(H,48,49)(H,50,51). The summed E-state index contributed by atoms with van der Waals surface area (Å²) in [6.45, 7) is 3.99. The monoisotopic (exact) mass is 855 g/mol. The van der Waals surface area contributed by atoms with E-state index in [0.717, 1.165) is 27.8 Å². The van der Waals surface area contributed by atoms with Crippen molar-refractivity contribution in [1.29, 1.82) is 0 Å². The molecule has 1 aliphatic heterocycles. The second-order valence-corrected chi connectivity index (χ2v) is 20.0. The number of carbonyl (C=O) groups is 3. The molecule has 6 aliphatic rings. The number of nitrogens with one attached hydrogen (secondary N) is 1. The van der Waals surface area contributed by atoms with Crippen molar-refractivity contribution >= 4 is 33.3 Å². The Bertz CT molecular complexity index is 2130. The van der Waals surface area contributed by atoms with Crippen molar-refractivity contribution in [1.82, 2.24) is 5.32 Å². The summed E-state index contributed by atoms with van der Waals surface area (Å²) in [5, 5.41) is 14.3. The van der Waals surface area contributed by atoms with Crippen molar-refractivity contribution in [3.63, 3.8) is 0 Å². The van der Waals surface area contributed by atoms with Crippen LogP contribution in [0.3, 0.4) is 0 Å². The highest BCUT2D eigenvalue weighted by atomic mass is 31.3. The van der Waals surface area contributed by atoms with Crippen LogP contribution in [0.15, 0.2) is 72.3 Å². The minimum Gasteiger partial charge on any atom is -0.449 e. The van der Waals surface area contributed by atoms with E-state index in [4.69, 9.17) is 23.3 Å². The summed E-state index contributed by atoms with van der Waals surface area (Å²) in [5.74, 6) is -1.40. The summed E-state index contributed by atoms with van der Waals surface area (Å²) in [6.07, 6.45) is 5.04. The van der Waals surface area contributed by atoms with Gasteiger partial charge in [-0.2, -0.15) is 4.31 Å². The van der Waals surface area contributed by atoms with Crippen molar-refractivity contribution in [2.24, 2.45) is 28.6 Å². The number of amides is 1. The van der Waals surface area contributed by atoms with Gasteiger partial charge in [0.25, 0.3) is 0 Å². The minimum absolute atomic E-state index is 0.0463. The Labute approximate surface area is 342 Å². The predicted molar refractivity (Wildman–Crippen MR) is 211 cm³/mol. The molecule has 3 saturated carbocycles. The van der Waals surface area contributed by atoms with E-state index < -0.39 is 75.7 Å². The number of allylic oxidation sites excluding steroid dienone is 4. The molecular weight excluding hydrogens is 804 g/mol. The first-order valence-corrected chi connectivity index (χ1v) is 23.2. The van der Waals surface area contributed by atoms with Crippen LogP contribution >= 0.6 is 15.6 Å². The SMILES string of the molecule is CCCC1OC2CC3C4CCC5=CC(=O)C=CC5(C)C4C(O)CC3(C)C2(C(=O)COP(=O)(O)OP(=O)(O)OCCNC(=O)OCC2c3ccccc3-c3ccccc32)O1. The summed E-state index contributed by atoms with van der Waals surface area (Å²) >= 11 is 0. The average molecular weight is 856 g/mol. The summed E-state index contributed by atoms with van der Waals surface area (Å²) in [4.78, 5) is 60.0. The van der Waals surface area contributed by atoms with Crippen LogP contribution in [0.1, 0.15) is 76.3 Å². The molecule has 1 amide bonds. The van der Waals surface area contributed by atoms with Crippen LogP contribution in [-0.2, 0) is 46.3 Å². The second-order valence-electron chi connectivity index (χ2n) is 16.9. The van der Waals surface area contributed by atoms with Gasteiger partial charge < -0.3 is 34.4 Å². The van der Waals surface area contributed by atoms with Crippen LogP contribution in [0.2, 0.25) is 0 Å². The number of hydrogen-bond donors (Lipinski definition) is 4. The molecule has 4 fully saturated rings. The van der Waals surface area contributed by atoms with Gasteiger partial charge in [-0.25, -0.2) is 13.9 Å². The fraction of sp³-hybridized carbons (Fsp3) is 0.548. The van der Waals surface area contributed by atoms with E-state index in [9.17, 15) is 38.4 Å². The lowest BCUT2D eigenvalue weighted by molar-refractivity contribution is -0.200. The third-order valence-electron chi connectivity index (χ3n) is 13.8. The Kier molecular flexibility index (Phi) is 11.4. The molecule has 11 atom stereocenters. The first-order chi connectivity index (χ1) is 28.0. The number of phosphoric ester groups is 2. The fourth-order valence-corrected chi connectivity index (χ4v) is 13.4. The number of aliphatic hydroxyl groups is 1. The number of hydrogen-bond acceptors (Lipinski definition) is 12. The zero-order valence-corrected chi connectivity index (χ0v) is 35.0. The maximum Gasteiger partial charge on any atom is 0.481 e. The number of Topliss-reactive ketones (excluding diaryl/α,β-unsaturated/α-hetero) is 1. The molecule has 1 heterocycles. The lowest BCUT2D eigenvalue weighted by Crippen LogP contribution is -2.63. The molecule has 15 nitrogen and oxygen atoms in total. The third kappa shape index (κ3) is 7.45. The van der Waals surface area contributed by atoms with Gasteiger partial charge >= 0.3 is 21.7 Å². The van der Waals surface area contributed by atoms with Gasteiger partial charge in [0.05, 0.1) is 18.8 Å². The summed E-state index contributed by atoms with van der Waals surface area (Å²) < 4.78 is 58.5. The zero-order valence-electron chi connectivity index (χ0n) is 33.2. The van der Waals surface area contributed by atoms with E-state index >= 15 is 0 Å². The largest absolute Gasteiger partial charge is 0.481 e. The number of phosphoric acid groups is 2. The highest BCUT2D eigenvalue weighted by molar-refractivity contribution is 7.61. The molecule has 11 unspecified atom stereocenters. The molecule has 59 heavy (non-hydrogen) atoms. The molecule has 0 radical (unpaired) electrons. The fourth-order valence-electron chi connectivity index (χ4n) is 11.4. The van der Waals surface area contributed by atoms with Gasteiger partial charge in [0.15, 0.2) is 23.5 Å². The van der Waals surface area contributed by atoms with Gasteiger partial charge in [0.2, 0.25) is 0 Å². The van der Waals surface area contributed by atoms with Crippen molar-refractivity contribution in [2.45, 2.75) is 89.3 Å². The summed E-state index contributed by atoms with van der Waals surface area (Å²) in [5.41, 5.74) is 1.98. The number of fused-ring (bicyclic) bond motifs is 10. The second kappa shape index (κ2) is 15.9. The highest BCUT2D eigenvalue weighted by Crippen LogP contribution is 2.70. The van der Waals surface area contributed by atoms with Crippen molar-refractivity contribution in [2.75, 3.05) is 26.4 Å². The third-order valence-corrected chi connectivity index (χ3v) is 16.4. The molecule has 318 valence electrons. The van der Waals surface area contributed by atoms with E-state index in [1.807, 2.05) is 75.4 Å². The molecule has 2 aromatic carbocycles. The van der Waals surface area contributed by atoms with Crippen LogP contribution < -0.4 is 5.32 Å². The predicted octanol–water partition coefficient (Wildman–Crippen LogP) is 6.51. The van der Waals surface area contributed by atoms with Crippen molar-refractivity contribution in [3.05, 3.63) is 83.5 Å². The van der Waals surface area contributed by atoms with E-state index in [1.165, 1.54) is 0 Å². The highest BCUT2D eigenvalue weighted by Gasteiger charge is 2.76. The summed E-state index contributed by atoms with van der Waals surface area (Å²) in [6, 6.07) is 15.7. The molecule has 0 aromatic heterocycles. The lowest BCUT2D eigenvalue weighted by Gasteiger charge is -2.59. The normalized spacial score (nSPS) is 34.9. The Morgan fingerprint density at radius 3 is 2.37 bits per heavy atom. The maximum atomic E-state index is 14.4. The van der Waals surface area contributed by atoms with Crippen LogP contribution in [0.5, 0.6) is 0 Å². The maximum absolute atomic E-state index is 14.4. The molecule has 2 aromatic rings. The number of carbonyl (C=O) groups excluding carboxylic acids is 3. The van der Waals surface area contributed by atoms with E-state index in [2.05, 4.69) is 9.63 Å². The summed E-state index contributed by atoms with van der Waals surface area (Å²) in [7, 11) is -10.7. The van der Waals surface area contributed by atoms with Gasteiger partial charge in [-0.05, 0) is 78.3 Å². The molecule has 4 N–H and O–H groups in total. The number of aliphatic hydroxyl groups excluding tert-OH is 1. The molecule has 17 heteroatoms. The Morgan fingerprint density at radius 1 is 1.00 bits per heavy atom. The van der Waals surface area contributed by atoms with Gasteiger partial charge in [0, 0.05) is 29.2 Å².